The molecular weight excluding hydrogens is 306 g/mol. The lowest BCUT2D eigenvalue weighted by atomic mass is 10.1. The minimum atomic E-state index is -3.46. The smallest absolute Gasteiger partial charge is 0.243 e. The second-order valence-electron chi connectivity index (χ2n) is 5.66. The summed E-state index contributed by atoms with van der Waals surface area (Å²) in [5.74, 6) is 5.41. The van der Waals surface area contributed by atoms with Crippen molar-refractivity contribution in [3.8, 4) is 0 Å². The highest BCUT2D eigenvalue weighted by Crippen LogP contribution is 2.32. The monoisotopic (exact) mass is 329 g/mol. The zero-order valence-electron chi connectivity index (χ0n) is 12.9. The van der Waals surface area contributed by atoms with Crippen LogP contribution in [-0.2, 0) is 10.0 Å². The van der Waals surface area contributed by atoms with Crippen LogP contribution in [0.3, 0.4) is 0 Å². The maximum Gasteiger partial charge on any atom is 0.243 e. The summed E-state index contributed by atoms with van der Waals surface area (Å²) in [6, 6.07) is 3.54. The molecular formula is C14H23N3O2S2. The molecule has 1 aliphatic heterocycles. The Morgan fingerprint density at radius 2 is 1.67 bits per heavy atom. The van der Waals surface area contributed by atoms with Crippen LogP contribution in [0.2, 0.25) is 0 Å². The van der Waals surface area contributed by atoms with E-state index < -0.39 is 10.0 Å². The number of nitrogen functional groups attached to an aromatic ring is 1. The van der Waals surface area contributed by atoms with Gasteiger partial charge in [0.1, 0.15) is 0 Å². The van der Waals surface area contributed by atoms with Gasteiger partial charge in [0.05, 0.1) is 4.90 Å². The normalized spacial score (nSPS) is 24.0. The van der Waals surface area contributed by atoms with E-state index in [0.29, 0.717) is 28.5 Å². The number of hydrogen-bond donors (Lipinski definition) is 2. The van der Waals surface area contributed by atoms with Crippen molar-refractivity contribution < 1.29 is 8.42 Å². The van der Waals surface area contributed by atoms with E-state index in [9.17, 15) is 8.42 Å². The number of anilines is 1. The van der Waals surface area contributed by atoms with E-state index in [-0.39, 0.29) is 0 Å². The highest BCUT2D eigenvalue weighted by atomic mass is 32.2. The Kier molecular flexibility index (Phi) is 4.87. The lowest BCUT2D eigenvalue weighted by Crippen LogP contribution is -2.44. The first-order chi connectivity index (χ1) is 9.75. The molecule has 1 saturated heterocycles. The predicted octanol–water partition coefficient (Wildman–Crippen LogP) is 2.10. The molecule has 0 bridgehead atoms. The van der Waals surface area contributed by atoms with Crippen molar-refractivity contribution in [2.24, 2.45) is 5.84 Å². The third-order valence-electron chi connectivity index (χ3n) is 3.61. The van der Waals surface area contributed by atoms with Gasteiger partial charge in [0.2, 0.25) is 10.0 Å². The summed E-state index contributed by atoms with van der Waals surface area (Å²) in [6.45, 7) is 8.90. The summed E-state index contributed by atoms with van der Waals surface area (Å²) in [5.41, 5.74) is 4.74. The number of sulfonamides is 1. The molecule has 1 aromatic rings. The summed E-state index contributed by atoms with van der Waals surface area (Å²) in [4.78, 5) is 0.410. The van der Waals surface area contributed by atoms with E-state index in [4.69, 9.17) is 5.84 Å². The number of nitrogens with one attached hydrogen (secondary N) is 1. The van der Waals surface area contributed by atoms with Crippen LogP contribution in [0.15, 0.2) is 17.0 Å². The van der Waals surface area contributed by atoms with E-state index in [1.807, 2.05) is 25.6 Å². The Labute approximate surface area is 131 Å². The van der Waals surface area contributed by atoms with E-state index in [1.54, 1.807) is 16.4 Å². The van der Waals surface area contributed by atoms with Crippen LogP contribution >= 0.6 is 11.8 Å². The molecule has 5 nitrogen and oxygen atoms in total. The van der Waals surface area contributed by atoms with Crippen LogP contribution in [0, 0.1) is 13.8 Å². The second kappa shape index (κ2) is 6.16. The third-order valence-corrected chi connectivity index (χ3v) is 6.98. The number of rotatable bonds is 3. The van der Waals surface area contributed by atoms with Crippen LogP contribution in [0.4, 0.5) is 5.69 Å². The minimum Gasteiger partial charge on any atom is -0.324 e. The van der Waals surface area contributed by atoms with Crippen LogP contribution in [0.1, 0.15) is 25.0 Å². The summed E-state index contributed by atoms with van der Waals surface area (Å²) in [7, 11) is -3.46. The van der Waals surface area contributed by atoms with E-state index >= 15 is 0 Å². The molecule has 21 heavy (non-hydrogen) atoms. The lowest BCUT2D eigenvalue weighted by Gasteiger charge is -2.34. The van der Waals surface area contributed by atoms with Crippen molar-refractivity contribution >= 4 is 27.5 Å². The molecule has 0 saturated carbocycles. The molecule has 0 aliphatic carbocycles. The maximum absolute atomic E-state index is 13.0. The number of nitrogens with two attached hydrogens (primary N) is 1. The van der Waals surface area contributed by atoms with Gasteiger partial charge in [-0.1, -0.05) is 13.8 Å². The Bertz CT molecular complexity index is 598. The van der Waals surface area contributed by atoms with Crippen molar-refractivity contribution in [2.45, 2.75) is 43.1 Å². The Morgan fingerprint density at radius 3 is 2.10 bits per heavy atom. The molecule has 0 radical (unpaired) electrons. The number of hydrazine groups is 1. The number of nitrogens with zero attached hydrogens (tertiary/aromatic N) is 1. The van der Waals surface area contributed by atoms with Gasteiger partial charge in [-0.25, -0.2) is 8.42 Å². The number of thioether (sulfide) groups is 1. The topological polar surface area (TPSA) is 75.4 Å². The van der Waals surface area contributed by atoms with Crippen molar-refractivity contribution in [1.82, 2.24) is 4.31 Å². The molecule has 0 amide bonds. The fourth-order valence-corrected chi connectivity index (χ4v) is 6.44. The molecule has 0 aromatic heterocycles. The van der Waals surface area contributed by atoms with Crippen LogP contribution in [0.25, 0.3) is 0 Å². The van der Waals surface area contributed by atoms with Gasteiger partial charge in [-0.3, -0.25) is 5.84 Å². The van der Waals surface area contributed by atoms with E-state index in [1.165, 1.54) is 0 Å². The van der Waals surface area contributed by atoms with E-state index in [0.717, 1.165) is 16.8 Å². The Morgan fingerprint density at radius 1 is 1.19 bits per heavy atom. The van der Waals surface area contributed by atoms with Gasteiger partial charge < -0.3 is 5.43 Å². The van der Waals surface area contributed by atoms with Crippen LogP contribution < -0.4 is 11.3 Å². The molecule has 118 valence electrons. The van der Waals surface area contributed by atoms with Crippen molar-refractivity contribution in [1.29, 1.82) is 0 Å². The fourth-order valence-electron chi connectivity index (χ4n) is 2.90. The molecule has 0 spiro atoms. The summed E-state index contributed by atoms with van der Waals surface area (Å²) < 4.78 is 27.6. The highest BCUT2D eigenvalue weighted by Gasteiger charge is 2.33. The van der Waals surface area contributed by atoms with E-state index in [2.05, 4.69) is 19.3 Å². The van der Waals surface area contributed by atoms with Crippen molar-refractivity contribution in [2.75, 3.05) is 18.5 Å². The number of aryl methyl sites for hydroxylation is 2. The molecule has 1 aromatic carbocycles. The lowest BCUT2D eigenvalue weighted by molar-refractivity contribution is 0.404. The van der Waals surface area contributed by atoms with Gasteiger partial charge in [-0.2, -0.15) is 16.1 Å². The summed E-state index contributed by atoms with van der Waals surface area (Å²) in [6.07, 6.45) is 0. The fraction of sp³-hybridized carbons (Fsp3) is 0.571. The SMILES string of the molecule is Cc1cc(NN)cc(C)c1S(=O)(=O)N1CC(C)SC(C)C1. The highest BCUT2D eigenvalue weighted by molar-refractivity contribution is 8.00. The average molecular weight is 329 g/mol. The average Bonchev–Trinajstić information content (AvgIpc) is 2.36. The van der Waals surface area contributed by atoms with Crippen molar-refractivity contribution in [3.05, 3.63) is 23.3 Å². The largest absolute Gasteiger partial charge is 0.324 e. The quantitative estimate of drug-likeness (QED) is 0.656. The van der Waals surface area contributed by atoms with Crippen LogP contribution in [-0.4, -0.2) is 36.3 Å². The van der Waals surface area contributed by atoms with Crippen molar-refractivity contribution in [3.63, 3.8) is 0 Å². The molecule has 2 rings (SSSR count). The standard InChI is InChI=1S/C14H23N3O2S2/c1-9-5-13(16-15)6-10(2)14(9)21(18,19)17-7-11(3)20-12(4)8-17/h5-6,11-12,16H,7-8,15H2,1-4H3. The number of hydrogen-bond acceptors (Lipinski definition) is 5. The summed E-state index contributed by atoms with van der Waals surface area (Å²) in [5, 5.41) is 0.628. The summed E-state index contributed by atoms with van der Waals surface area (Å²) >= 11 is 1.84. The number of benzene rings is 1. The van der Waals surface area contributed by atoms with Crippen LogP contribution in [0.5, 0.6) is 0 Å². The molecule has 1 aliphatic rings. The zero-order valence-corrected chi connectivity index (χ0v) is 14.5. The first-order valence-corrected chi connectivity index (χ1v) is 9.37. The molecule has 1 heterocycles. The van der Waals surface area contributed by atoms with Gasteiger partial charge in [-0.05, 0) is 37.1 Å². The predicted molar refractivity (Wildman–Crippen MR) is 89.0 cm³/mol. The maximum atomic E-state index is 13.0. The van der Waals surface area contributed by atoms with Gasteiger partial charge in [0.25, 0.3) is 0 Å². The van der Waals surface area contributed by atoms with Gasteiger partial charge in [0, 0.05) is 29.3 Å². The Balaban J connectivity index is 2.44. The molecule has 2 unspecified atom stereocenters. The second-order valence-corrected chi connectivity index (χ2v) is 9.42. The molecule has 2 atom stereocenters. The third kappa shape index (κ3) is 3.36. The van der Waals surface area contributed by atoms with Gasteiger partial charge >= 0.3 is 0 Å². The molecule has 1 fully saturated rings. The first kappa shape index (κ1) is 16.6. The molecule has 7 heteroatoms. The first-order valence-electron chi connectivity index (χ1n) is 6.99. The minimum absolute atomic E-state index is 0.314. The van der Waals surface area contributed by atoms with Gasteiger partial charge in [-0.15, -0.1) is 0 Å². The zero-order chi connectivity index (χ0) is 15.8. The van der Waals surface area contributed by atoms with Gasteiger partial charge in [0.15, 0.2) is 0 Å². The molecule has 3 N–H and O–H groups in total. The Hall–Kier alpha value is -0.760.